The standard InChI is InChI=1S/BH3O4S/c2-4-1(6)5-3/h2-3,6H. The van der Waals surface area contributed by atoms with Crippen LogP contribution in [0.4, 0.5) is 0 Å². The first-order valence-corrected chi connectivity index (χ1v) is 1.61. The van der Waals surface area contributed by atoms with Crippen LogP contribution in [0.2, 0.25) is 0 Å². The molecule has 0 aliphatic heterocycles. The average molecular weight is 110 g/mol. The Kier molecular flexibility index (Phi) is 3.59. The molecule has 0 spiro atoms. The number of thiol groups is 1. The van der Waals surface area contributed by atoms with E-state index in [0.717, 1.165) is 0 Å². The van der Waals surface area contributed by atoms with Gasteiger partial charge in [-0.25, -0.2) is 0 Å². The van der Waals surface area contributed by atoms with Gasteiger partial charge in [-0.3, -0.25) is 20.1 Å². The zero-order valence-electron chi connectivity index (χ0n) is 2.74. The van der Waals surface area contributed by atoms with Gasteiger partial charge in [0.1, 0.15) is 0 Å². The summed E-state index contributed by atoms with van der Waals surface area (Å²) in [6.07, 6.45) is -1.26. The van der Waals surface area contributed by atoms with Crippen molar-refractivity contribution in [1.29, 1.82) is 0 Å². The topological polar surface area (TPSA) is 58.9 Å². The van der Waals surface area contributed by atoms with Gasteiger partial charge in [0.05, 0.1) is 0 Å². The second-order valence-corrected chi connectivity index (χ2v) is 0.939. The van der Waals surface area contributed by atoms with E-state index in [0.29, 0.717) is 0 Å². The molecule has 2 N–H and O–H groups in total. The molecule has 0 aliphatic rings. The largest absolute Gasteiger partial charge is 0.585 e. The summed E-state index contributed by atoms with van der Waals surface area (Å²) in [5.41, 5.74) is 0. The van der Waals surface area contributed by atoms with Crippen LogP contribution in [0.15, 0.2) is 0 Å². The Labute approximate surface area is 40.0 Å². The molecule has 0 aliphatic carbocycles. The van der Waals surface area contributed by atoms with Crippen molar-refractivity contribution < 1.29 is 20.1 Å². The first kappa shape index (κ1) is 6.25. The molecular formula is H3BO4S. The van der Waals surface area contributed by atoms with E-state index in [4.69, 9.17) is 10.5 Å². The Morgan fingerprint density at radius 3 is 1.67 bits per heavy atom. The second-order valence-electron chi connectivity index (χ2n) is 0.518. The van der Waals surface area contributed by atoms with Crippen LogP contribution in [-0.4, -0.2) is 16.9 Å². The molecule has 0 radical (unpaired) electrons. The van der Waals surface area contributed by atoms with E-state index < -0.39 is 6.40 Å². The third kappa shape index (κ3) is 2.49. The van der Waals surface area contributed by atoms with E-state index >= 15 is 0 Å². The second kappa shape index (κ2) is 3.45. The minimum Gasteiger partial charge on any atom is -0.264 e. The highest BCUT2D eigenvalue weighted by molar-refractivity contribution is 8.08. The lowest BCUT2D eigenvalue weighted by atomic mass is 10.4. The summed E-state index contributed by atoms with van der Waals surface area (Å²) in [5.74, 6) is 0. The smallest absolute Gasteiger partial charge is 0.264 e. The minimum atomic E-state index is -1.26. The Morgan fingerprint density at radius 1 is 1.33 bits per heavy atom. The summed E-state index contributed by atoms with van der Waals surface area (Å²) in [7, 11) is 0. The molecule has 36 valence electrons. The van der Waals surface area contributed by atoms with E-state index in [-0.39, 0.29) is 0 Å². The summed E-state index contributed by atoms with van der Waals surface area (Å²) >= 11 is 3.29. The van der Waals surface area contributed by atoms with Gasteiger partial charge in [-0.05, 0) is 0 Å². The van der Waals surface area contributed by atoms with E-state index in [9.17, 15) is 0 Å². The van der Waals surface area contributed by atoms with Gasteiger partial charge in [-0.15, -0.1) is 0 Å². The molecule has 4 nitrogen and oxygen atoms in total. The van der Waals surface area contributed by atoms with Crippen LogP contribution in [0, 0.1) is 0 Å². The highest BCUT2D eigenvalue weighted by atomic mass is 32.1. The van der Waals surface area contributed by atoms with Crippen molar-refractivity contribution >= 4 is 18.9 Å². The lowest BCUT2D eigenvalue weighted by molar-refractivity contribution is -0.217. The van der Waals surface area contributed by atoms with Crippen LogP contribution in [0.1, 0.15) is 0 Å². The van der Waals surface area contributed by atoms with Crippen molar-refractivity contribution in [3.8, 4) is 0 Å². The molecule has 6 heteroatoms. The zero-order valence-corrected chi connectivity index (χ0v) is 3.63. The third-order valence-electron chi connectivity index (χ3n) is 0.180. The summed E-state index contributed by atoms with van der Waals surface area (Å²) in [6.45, 7) is 0. The SMILES string of the molecule is OOB(S)OO. The van der Waals surface area contributed by atoms with Gasteiger partial charge in [0.2, 0.25) is 0 Å². The normalized spacial score (nSPS) is 8.50. The first-order chi connectivity index (χ1) is 2.81. The van der Waals surface area contributed by atoms with Crippen LogP contribution in [0.5, 0.6) is 0 Å². The molecule has 0 fully saturated rings. The number of hydrogen-bond donors (Lipinski definition) is 3. The lowest BCUT2D eigenvalue weighted by Gasteiger charge is -1.90. The van der Waals surface area contributed by atoms with Gasteiger partial charge in [0.25, 0.3) is 0 Å². The lowest BCUT2D eigenvalue weighted by Crippen LogP contribution is -2.10. The van der Waals surface area contributed by atoms with Crippen LogP contribution in [-0.2, 0) is 9.61 Å². The van der Waals surface area contributed by atoms with Gasteiger partial charge in [-0.1, -0.05) is 0 Å². The molecule has 0 saturated heterocycles. The molecule has 0 aromatic carbocycles. The maximum Gasteiger partial charge on any atom is 0.585 e. The van der Waals surface area contributed by atoms with E-state index in [1.165, 1.54) is 0 Å². The fourth-order valence-electron chi connectivity index (χ4n) is 0.0192. The molecule has 0 amide bonds. The highest BCUT2D eigenvalue weighted by Gasteiger charge is 2.08. The number of rotatable bonds is 2. The predicted molar refractivity (Wildman–Crippen MR) is 22.2 cm³/mol. The van der Waals surface area contributed by atoms with Gasteiger partial charge in [0, 0.05) is 0 Å². The monoisotopic (exact) mass is 110 g/mol. The molecule has 0 heterocycles. The summed E-state index contributed by atoms with van der Waals surface area (Å²) < 4.78 is 0. The molecule has 0 rings (SSSR count). The van der Waals surface area contributed by atoms with Crippen molar-refractivity contribution in [2.24, 2.45) is 0 Å². The van der Waals surface area contributed by atoms with Crippen molar-refractivity contribution in [3.63, 3.8) is 0 Å². The number of hydrogen-bond acceptors (Lipinski definition) is 5. The fourth-order valence-corrected chi connectivity index (χ4v) is 0.0192. The molecule has 0 aromatic heterocycles. The Hall–Kier alpha value is 0.255. The van der Waals surface area contributed by atoms with Gasteiger partial charge in [-0.2, -0.15) is 12.5 Å². The first-order valence-electron chi connectivity index (χ1n) is 1.09. The highest BCUT2D eigenvalue weighted by Crippen LogP contribution is 1.85. The molecule has 0 unspecified atom stereocenters. The Bertz CT molecular complexity index is 26.7. The van der Waals surface area contributed by atoms with Crippen LogP contribution >= 0.6 is 12.5 Å². The average Bonchev–Trinajstić information content (AvgIpc) is 1.65. The fraction of sp³-hybridized carbons (Fsp3) is 0. The molecule has 0 bridgehead atoms. The Balaban J connectivity index is 2.75. The van der Waals surface area contributed by atoms with Crippen molar-refractivity contribution in [2.75, 3.05) is 0 Å². The van der Waals surface area contributed by atoms with Crippen LogP contribution in [0.25, 0.3) is 0 Å². The molecule has 0 saturated carbocycles. The maximum absolute atomic E-state index is 7.47. The summed E-state index contributed by atoms with van der Waals surface area (Å²) in [5, 5.41) is 14.9. The zero-order chi connectivity index (χ0) is 4.99. The van der Waals surface area contributed by atoms with E-state index in [2.05, 4.69) is 22.1 Å². The van der Waals surface area contributed by atoms with Gasteiger partial charge >= 0.3 is 6.40 Å². The van der Waals surface area contributed by atoms with Crippen molar-refractivity contribution in [3.05, 3.63) is 0 Å². The third-order valence-corrected chi connectivity index (χ3v) is 0.369. The van der Waals surface area contributed by atoms with Crippen molar-refractivity contribution in [1.82, 2.24) is 0 Å². The maximum atomic E-state index is 7.47. The predicted octanol–water partition coefficient (Wildman–Crippen LogP) is -0.120. The van der Waals surface area contributed by atoms with E-state index in [1.54, 1.807) is 0 Å². The quantitative estimate of drug-likeness (QED) is 0.201. The molecule has 0 atom stereocenters. The Morgan fingerprint density at radius 2 is 1.67 bits per heavy atom. The van der Waals surface area contributed by atoms with Gasteiger partial charge in [0.15, 0.2) is 0 Å². The molecule has 0 aromatic rings. The summed E-state index contributed by atoms with van der Waals surface area (Å²) in [6, 6.07) is 0. The van der Waals surface area contributed by atoms with Gasteiger partial charge < -0.3 is 0 Å². The minimum absolute atomic E-state index is 1.26. The van der Waals surface area contributed by atoms with E-state index in [1.807, 2.05) is 0 Å². The van der Waals surface area contributed by atoms with Crippen LogP contribution in [0.3, 0.4) is 0 Å². The molecule has 6 heavy (non-hydrogen) atoms. The van der Waals surface area contributed by atoms with Crippen molar-refractivity contribution in [2.45, 2.75) is 0 Å². The summed E-state index contributed by atoms with van der Waals surface area (Å²) in [4.78, 5) is 6.58. The van der Waals surface area contributed by atoms with Crippen LogP contribution < -0.4 is 0 Å². The molecular weight excluding hydrogens is 107 g/mol.